The molecular weight excluding hydrogens is 156 g/mol. The van der Waals surface area contributed by atoms with Crippen LogP contribution in [0.1, 0.15) is 33.1 Å². The number of carbonyl (C=O) groups is 1. The predicted octanol–water partition coefficient (Wildman–Crippen LogP) is 1.10. The van der Waals surface area contributed by atoms with Gasteiger partial charge in [0.05, 0.1) is 18.1 Å². The molecule has 0 heterocycles. The molecule has 12 heavy (non-hydrogen) atoms. The van der Waals surface area contributed by atoms with Crippen LogP contribution in [0.5, 0.6) is 0 Å². The van der Waals surface area contributed by atoms with E-state index in [1.54, 1.807) is 13.8 Å². The number of hydrogen-bond acceptors (Lipinski definition) is 3. The van der Waals surface area contributed by atoms with Crippen molar-refractivity contribution in [2.75, 3.05) is 6.61 Å². The monoisotopic (exact) mass is 172 g/mol. The van der Waals surface area contributed by atoms with Gasteiger partial charge in [-0.2, -0.15) is 0 Å². The Morgan fingerprint density at radius 3 is 2.58 bits per heavy atom. The highest BCUT2D eigenvalue weighted by Crippen LogP contribution is 2.38. The largest absolute Gasteiger partial charge is 0.466 e. The third-order valence-corrected chi connectivity index (χ3v) is 2.67. The maximum atomic E-state index is 11.2. The van der Waals surface area contributed by atoms with Crippen LogP contribution < -0.4 is 0 Å². The van der Waals surface area contributed by atoms with Crippen molar-refractivity contribution >= 4 is 5.97 Å². The number of esters is 1. The van der Waals surface area contributed by atoms with Crippen molar-refractivity contribution in [3.8, 4) is 0 Å². The summed E-state index contributed by atoms with van der Waals surface area (Å²) >= 11 is 0. The molecule has 1 saturated carbocycles. The quantitative estimate of drug-likeness (QED) is 0.648. The lowest BCUT2D eigenvalue weighted by Gasteiger charge is -2.40. The molecule has 3 nitrogen and oxygen atoms in total. The van der Waals surface area contributed by atoms with Gasteiger partial charge in [-0.3, -0.25) is 4.79 Å². The molecule has 0 aromatic rings. The third-order valence-electron chi connectivity index (χ3n) is 2.67. The van der Waals surface area contributed by atoms with E-state index in [1.165, 1.54) is 0 Å². The van der Waals surface area contributed by atoms with Crippen molar-refractivity contribution in [1.29, 1.82) is 0 Å². The van der Waals surface area contributed by atoms with Crippen LogP contribution in [0.25, 0.3) is 0 Å². The van der Waals surface area contributed by atoms with Gasteiger partial charge in [-0.1, -0.05) is 0 Å². The maximum absolute atomic E-state index is 11.2. The van der Waals surface area contributed by atoms with Crippen molar-refractivity contribution in [1.82, 2.24) is 0 Å². The van der Waals surface area contributed by atoms with Crippen molar-refractivity contribution in [3.63, 3.8) is 0 Å². The predicted molar refractivity (Wildman–Crippen MR) is 44.6 cm³/mol. The van der Waals surface area contributed by atoms with Crippen molar-refractivity contribution in [3.05, 3.63) is 0 Å². The summed E-state index contributed by atoms with van der Waals surface area (Å²) in [6, 6.07) is 0. The molecule has 1 N–H and O–H groups in total. The summed E-state index contributed by atoms with van der Waals surface area (Å²) in [7, 11) is 0. The second-order valence-corrected chi connectivity index (χ2v) is 3.43. The molecule has 0 spiro atoms. The second kappa shape index (κ2) is 3.44. The summed E-state index contributed by atoms with van der Waals surface area (Å²) in [6.45, 7) is 3.89. The molecule has 1 rings (SSSR count). The molecule has 1 aliphatic carbocycles. The Morgan fingerprint density at radius 2 is 2.25 bits per heavy atom. The van der Waals surface area contributed by atoms with Gasteiger partial charge in [0.2, 0.25) is 0 Å². The van der Waals surface area contributed by atoms with Crippen LogP contribution in [-0.4, -0.2) is 23.3 Å². The van der Waals surface area contributed by atoms with Gasteiger partial charge in [0.1, 0.15) is 0 Å². The Labute approximate surface area is 72.7 Å². The highest BCUT2D eigenvalue weighted by molar-refractivity contribution is 5.73. The smallest absolute Gasteiger partial charge is 0.311 e. The Balaban J connectivity index is 2.45. The minimum Gasteiger partial charge on any atom is -0.466 e. The number of rotatable bonds is 3. The molecule has 0 aromatic carbocycles. The molecule has 0 saturated heterocycles. The van der Waals surface area contributed by atoms with Crippen LogP contribution in [0.4, 0.5) is 0 Å². The molecule has 0 aromatic heterocycles. The Morgan fingerprint density at radius 1 is 1.67 bits per heavy atom. The lowest BCUT2D eigenvalue weighted by Crippen LogP contribution is -2.47. The molecule has 0 radical (unpaired) electrons. The molecule has 0 amide bonds. The van der Waals surface area contributed by atoms with Crippen LogP contribution in [0.15, 0.2) is 0 Å². The van der Waals surface area contributed by atoms with E-state index in [-0.39, 0.29) is 11.9 Å². The number of hydrogen-bond donors (Lipinski definition) is 1. The van der Waals surface area contributed by atoms with Crippen molar-refractivity contribution in [2.45, 2.75) is 38.7 Å². The summed E-state index contributed by atoms with van der Waals surface area (Å²) in [5, 5.41) is 9.77. The first-order chi connectivity index (χ1) is 5.60. The van der Waals surface area contributed by atoms with Gasteiger partial charge in [-0.25, -0.2) is 0 Å². The van der Waals surface area contributed by atoms with E-state index in [0.717, 1.165) is 19.3 Å². The Kier molecular flexibility index (Phi) is 2.73. The first-order valence-electron chi connectivity index (χ1n) is 4.49. The summed E-state index contributed by atoms with van der Waals surface area (Å²) in [5.74, 6) is -0.647. The summed E-state index contributed by atoms with van der Waals surface area (Å²) < 4.78 is 4.83. The fourth-order valence-corrected chi connectivity index (χ4v) is 1.46. The van der Waals surface area contributed by atoms with E-state index < -0.39 is 5.60 Å². The van der Waals surface area contributed by atoms with Gasteiger partial charge in [0.15, 0.2) is 0 Å². The van der Waals surface area contributed by atoms with E-state index in [0.29, 0.717) is 6.61 Å². The molecule has 1 aliphatic rings. The average molecular weight is 172 g/mol. The lowest BCUT2D eigenvalue weighted by atomic mass is 9.72. The molecule has 1 unspecified atom stereocenters. The zero-order valence-corrected chi connectivity index (χ0v) is 7.67. The third kappa shape index (κ3) is 1.61. The van der Waals surface area contributed by atoms with Gasteiger partial charge in [0, 0.05) is 0 Å². The number of ether oxygens (including phenoxy) is 1. The minimum absolute atomic E-state index is 0.278. The summed E-state index contributed by atoms with van der Waals surface area (Å²) in [5.41, 5.74) is -0.772. The normalized spacial score (nSPS) is 22.6. The molecule has 0 bridgehead atoms. The number of carbonyl (C=O) groups excluding carboxylic acids is 1. The Bertz CT molecular complexity index is 173. The van der Waals surface area contributed by atoms with Gasteiger partial charge in [-0.05, 0) is 33.1 Å². The van der Waals surface area contributed by atoms with Crippen molar-refractivity contribution in [2.24, 2.45) is 5.92 Å². The first kappa shape index (κ1) is 9.52. The lowest BCUT2D eigenvalue weighted by molar-refractivity contribution is -0.164. The SMILES string of the molecule is CCOC(=O)C(C)C1(O)CCC1. The van der Waals surface area contributed by atoms with Gasteiger partial charge in [0.25, 0.3) is 0 Å². The average Bonchev–Trinajstić information content (AvgIpc) is 1.99. The fourth-order valence-electron chi connectivity index (χ4n) is 1.46. The summed E-state index contributed by atoms with van der Waals surface area (Å²) in [4.78, 5) is 11.2. The van der Waals surface area contributed by atoms with Gasteiger partial charge >= 0.3 is 5.97 Å². The highest BCUT2D eigenvalue weighted by atomic mass is 16.5. The van der Waals surface area contributed by atoms with Crippen LogP contribution in [0.3, 0.4) is 0 Å². The minimum atomic E-state index is -0.772. The maximum Gasteiger partial charge on any atom is 0.311 e. The van der Waals surface area contributed by atoms with Crippen LogP contribution in [0, 0.1) is 5.92 Å². The fraction of sp³-hybridized carbons (Fsp3) is 0.889. The zero-order valence-electron chi connectivity index (χ0n) is 7.67. The standard InChI is InChI=1S/C9H16O3/c1-3-12-8(10)7(2)9(11)5-4-6-9/h7,11H,3-6H2,1-2H3. The van der Waals surface area contributed by atoms with E-state index in [1.807, 2.05) is 0 Å². The van der Waals surface area contributed by atoms with E-state index in [9.17, 15) is 9.90 Å². The van der Waals surface area contributed by atoms with Crippen LogP contribution in [0.2, 0.25) is 0 Å². The zero-order chi connectivity index (χ0) is 9.19. The molecule has 1 atom stereocenters. The van der Waals surface area contributed by atoms with E-state index in [2.05, 4.69) is 0 Å². The molecule has 0 aliphatic heterocycles. The second-order valence-electron chi connectivity index (χ2n) is 3.43. The van der Waals surface area contributed by atoms with E-state index >= 15 is 0 Å². The molecule has 70 valence electrons. The number of aliphatic hydroxyl groups is 1. The van der Waals surface area contributed by atoms with E-state index in [4.69, 9.17) is 4.74 Å². The molecule has 3 heteroatoms. The van der Waals surface area contributed by atoms with Crippen LogP contribution >= 0.6 is 0 Å². The van der Waals surface area contributed by atoms with Crippen molar-refractivity contribution < 1.29 is 14.6 Å². The highest BCUT2D eigenvalue weighted by Gasteiger charge is 2.43. The topological polar surface area (TPSA) is 46.5 Å². The molecular formula is C9H16O3. The van der Waals surface area contributed by atoms with Crippen LogP contribution in [-0.2, 0) is 9.53 Å². The first-order valence-corrected chi connectivity index (χ1v) is 4.49. The van der Waals surface area contributed by atoms with Gasteiger partial charge < -0.3 is 9.84 Å². The van der Waals surface area contributed by atoms with Gasteiger partial charge in [-0.15, -0.1) is 0 Å². The molecule has 1 fully saturated rings. The Hall–Kier alpha value is -0.570. The summed E-state index contributed by atoms with van der Waals surface area (Å²) in [6.07, 6.45) is 2.47.